The molecule has 1 aromatic rings. The van der Waals surface area contributed by atoms with Crippen LogP contribution < -0.4 is 4.90 Å². The van der Waals surface area contributed by atoms with Gasteiger partial charge < -0.3 is 10.0 Å². The summed E-state index contributed by atoms with van der Waals surface area (Å²) in [7, 11) is 0. The number of nitrogens with zero attached hydrogens (tertiary/aromatic N) is 1. The van der Waals surface area contributed by atoms with E-state index in [0.29, 0.717) is 11.6 Å². The molecule has 0 spiro atoms. The van der Waals surface area contributed by atoms with Crippen molar-refractivity contribution in [3.8, 4) is 0 Å². The summed E-state index contributed by atoms with van der Waals surface area (Å²) in [5, 5.41) is 9.05. The Morgan fingerprint density at radius 3 is 2.83 bits per heavy atom. The summed E-state index contributed by atoms with van der Waals surface area (Å²) >= 11 is 0. The standard InChI is InChI=1S/C15H21NO2/c1-3-12-6-4-5-9-16(12)13-7-8-14(15(17)18)11(2)10-13/h7-8,10,12H,3-6,9H2,1-2H3,(H,17,18). The van der Waals surface area contributed by atoms with Crippen LogP contribution in [0.25, 0.3) is 0 Å². The third kappa shape index (κ3) is 2.50. The number of hydrogen-bond donors (Lipinski definition) is 1. The fraction of sp³-hybridized carbons (Fsp3) is 0.533. The van der Waals surface area contributed by atoms with Gasteiger partial charge in [-0.1, -0.05) is 6.92 Å². The van der Waals surface area contributed by atoms with Crippen LogP contribution in [0.5, 0.6) is 0 Å². The lowest BCUT2D eigenvalue weighted by molar-refractivity contribution is 0.0696. The average molecular weight is 247 g/mol. The predicted octanol–water partition coefficient (Wildman–Crippen LogP) is 3.46. The van der Waals surface area contributed by atoms with E-state index < -0.39 is 5.97 Å². The van der Waals surface area contributed by atoms with E-state index in [-0.39, 0.29) is 0 Å². The number of rotatable bonds is 3. The Morgan fingerprint density at radius 2 is 2.22 bits per heavy atom. The Balaban J connectivity index is 2.27. The SMILES string of the molecule is CCC1CCCCN1c1ccc(C(=O)O)c(C)c1. The molecule has 2 rings (SSSR count). The maximum atomic E-state index is 11.0. The first-order valence-electron chi connectivity index (χ1n) is 6.74. The van der Waals surface area contributed by atoms with Crippen LogP contribution in [-0.4, -0.2) is 23.7 Å². The molecule has 3 nitrogen and oxygen atoms in total. The Kier molecular flexibility index (Phi) is 3.90. The van der Waals surface area contributed by atoms with Gasteiger partial charge in [0.15, 0.2) is 0 Å². The van der Waals surface area contributed by atoms with E-state index in [1.54, 1.807) is 6.07 Å². The Hall–Kier alpha value is -1.51. The van der Waals surface area contributed by atoms with Crippen molar-refractivity contribution in [1.82, 2.24) is 0 Å². The van der Waals surface area contributed by atoms with Gasteiger partial charge in [-0.15, -0.1) is 0 Å². The van der Waals surface area contributed by atoms with Crippen molar-refractivity contribution in [2.75, 3.05) is 11.4 Å². The molecular formula is C15H21NO2. The largest absolute Gasteiger partial charge is 0.478 e. The summed E-state index contributed by atoms with van der Waals surface area (Å²) < 4.78 is 0. The minimum atomic E-state index is -0.843. The highest BCUT2D eigenvalue weighted by Crippen LogP contribution is 2.28. The molecule has 1 N–H and O–H groups in total. The number of aromatic carboxylic acids is 1. The second kappa shape index (κ2) is 5.42. The second-order valence-electron chi connectivity index (χ2n) is 5.06. The van der Waals surface area contributed by atoms with Crippen molar-refractivity contribution in [3.63, 3.8) is 0 Å². The summed E-state index contributed by atoms with van der Waals surface area (Å²) in [4.78, 5) is 13.4. The van der Waals surface area contributed by atoms with Crippen LogP contribution in [0.2, 0.25) is 0 Å². The lowest BCUT2D eigenvalue weighted by Gasteiger charge is -2.37. The fourth-order valence-electron chi connectivity index (χ4n) is 2.83. The van der Waals surface area contributed by atoms with Crippen LogP contribution in [0.3, 0.4) is 0 Å². The molecule has 1 unspecified atom stereocenters. The van der Waals surface area contributed by atoms with Gasteiger partial charge in [0.2, 0.25) is 0 Å². The number of aryl methyl sites for hydroxylation is 1. The number of anilines is 1. The molecule has 1 heterocycles. The van der Waals surface area contributed by atoms with Crippen molar-refractivity contribution < 1.29 is 9.90 Å². The Bertz CT molecular complexity index is 442. The van der Waals surface area contributed by atoms with Gasteiger partial charge in [-0.3, -0.25) is 0 Å². The smallest absolute Gasteiger partial charge is 0.335 e. The quantitative estimate of drug-likeness (QED) is 0.889. The van der Waals surface area contributed by atoms with Gasteiger partial charge in [0, 0.05) is 18.3 Å². The van der Waals surface area contributed by atoms with E-state index in [4.69, 9.17) is 5.11 Å². The molecular weight excluding hydrogens is 226 g/mol. The van der Waals surface area contributed by atoms with Crippen molar-refractivity contribution >= 4 is 11.7 Å². The third-order valence-corrected chi connectivity index (χ3v) is 3.87. The van der Waals surface area contributed by atoms with E-state index >= 15 is 0 Å². The van der Waals surface area contributed by atoms with Crippen LogP contribution in [0.4, 0.5) is 5.69 Å². The molecule has 1 aliphatic heterocycles. The lowest BCUT2D eigenvalue weighted by Crippen LogP contribution is -2.39. The molecule has 1 fully saturated rings. The molecule has 18 heavy (non-hydrogen) atoms. The monoisotopic (exact) mass is 247 g/mol. The van der Waals surface area contributed by atoms with Crippen LogP contribution in [0.1, 0.15) is 48.5 Å². The van der Waals surface area contributed by atoms with E-state index in [1.807, 2.05) is 19.1 Å². The molecule has 0 aromatic heterocycles. The normalized spacial score (nSPS) is 19.9. The topological polar surface area (TPSA) is 40.5 Å². The highest BCUT2D eigenvalue weighted by molar-refractivity contribution is 5.89. The van der Waals surface area contributed by atoms with Gasteiger partial charge in [-0.2, -0.15) is 0 Å². The van der Waals surface area contributed by atoms with Crippen LogP contribution in [0.15, 0.2) is 18.2 Å². The number of carbonyl (C=O) groups is 1. The number of carboxylic acid groups (broad SMARTS) is 1. The van der Waals surface area contributed by atoms with Crippen LogP contribution in [0, 0.1) is 6.92 Å². The van der Waals surface area contributed by atoms with Gasteiger partial charge in [0.25, 0.3) is 0 Å². The number of hydrogen-bond acceptors (Lipinski definition) is 2. The summed E-state index contributed by atoms with van der Waals surface area (Å²) in [6.07, 6.45) is 4.94. The molecule has 0 saturated carbocycles. The molecule has 0 amide bonds. The second-order valence-corrected chi connectivity index (χ2v) is 5.06. The zero-order chi connectivity index (χ0) is 13.1. The molecule has 0 bridgehead atoms. The first kappa shape index (κ1) is 12.9. The van der Waals surface area contributed by atoms with Gasteiger partial charge in [-0.05, 0) is 56.4 Å². The van der Waals surface area contributed by atoms with Crippen molar-refractivity contribution in [1.29, 1.82) is 0 Å². The van der Waals surface area contributed by atoms with Gasteiger partial charge >= 0.3 is 5.97 Å². The molecule has 0 radical (unpaired) electrons. The number of carboxylic acids is 1. The van der Waals surface area contributed by atoms with E-state index in [9.17, 15) is 4.79 Å². The summed E-state index contributed by atoms with van der Waals surface area (Å²) in [6.45, 7) is 5.18. The molecule has 1 aliphatic rings. The Labute approximate surface area is 108 Å². The minimum Gasteiger partial charge on any atom is -0.478 e. The van der Waals surface area contributed by atoms with Crippen molar-refractivity contribution in [2.24, 2.45) is 0 Å². The molecule has 1 aromatic carbocycles. The lowest BCUT2D eigenvalue weighted by atomic mass is 9.98. The predicted molar refractivity (Wildman–Crippen MR) is 73.4 cm³/mol. The summed E-state index contributed by atoms with van der Waals surface area (Å²) in [5.41, 5.74) is 2.42. The maximum absolute atomic E-state index is 11.0. The molecule has 1 saturated heterocycles. The van der Waals surface area contributed by atoms with E-state index in [1.165, 1.54) is 24.9 Å². The van der Waals surface area contributed by atoms with E-state index in [0.717, 1.165) is 18.5 Å². The van der Waals surface area contributed by atoms with Crippen molar-refractivity contribution in [2.45, 2.75) is 45.6 Å². The summed E-state index contributed by atoms with van der Waals surface area (Å²) in [6, 6.07) is 6.30. The third-order valence-electron chi connectivity index (χ3n) is 3.87. The van der Waals surface area contributed by atoms with E-state index in [2.05, 4.69) is 11.8 Å². The molecule has 98 valence electrons. The Morgan fingerprint density at radius 1 is 1.44 bits per heavy atom. The van der Waals surface area contributed by atoms with Gasteiger partial charge in [-0.25, -0.2) is 4.79 Å². The summed E-state index contributed by atoms with van der Waals surface area (Å²) in [5.74, 6) is -0.843. The van der Waals surface area contributed by atoms with Crippen LogP contribution in [-0.2, 0) is 0 Å². The van der Waals surface area contributed by atoms with Gasteiger partial charge in [0.1, 0.15) is 0 Å². The van der Waals surface area contributed by atoms with Gasteiger partial charge in [0.05, 0.1) is 5.56 Å². The number of benzene rings is 1. The zero-order valence-corrected chi connectivity index (χ0v) is 11.1. The maximum Gasteiger partial charge on any atom is 0.335 e. The fourth-order valence-corrected chi connectivity index (χ4v) is 2.83. The average Bonchev–Trinajstić information content (AvgIpc) is 2.38. The highest BCUT2D eigenvalue weighted by atomic mass is 16.4. The van der Waals surface area contributed by atoms with Crippen LogP contribution >= 0.6 is 0 Å². The first-order chi connectivity index (χ1) is 8.63. The molecule has 0 aliphatic carbocycles. The minimum absolute atomic E-state index is 0.406. The first-order valence-corrected chi connectivity index (χ1v) is 6.74. The molecule has 1 atom stereocenters. The highest BCUT2D eigenvalue weighted by Gasteiger charge is 2.21. The van der Waals surface area contributed by atoms with Crippen molar-refractivity contribution in [3.05, 3.63) is 29.3 Å². The molecule has 3 heteroatoms. The zero-order valence-electron chi connectivity index (χ0n) is 11.1. The number of piperidine rings is 1.